The maximum atomic E-state index is 12.4. The Morgan fingerprint density at radius 3 is 2.58 bits per heavy atom. The smallest absolute Gasteiger partial charge is 0.178 e. The summed E-state index contributed by atoms with van der Waals surface area (Å²) in [5, 5.41) is 19.7. The summed E-state index contributed by atoms with van der Waals surface area (Å²) in [4.78, 5) is 24.8. The van der Waals surface area contributed by atoms with Crippen molar-refractivity contribution in [2.75, 3.05) is 0 Å². The Morgan fingerprint density at radius 2 is 1.84 bits per heavy atom. The fourth-order valence-corrected chi connectivity index (χ4v) is 2.80. The van der Waals surface area contributed by atoms with Crippen molar-refractivity contribution >= 4 is 11.6 Å². The molecule has 0 radical (unpaired) electrons. The van der Waals surface area contributed by atoms with Gasteiger partial charge in [0.1, 0.15) is 11.5 Å². The standard InChI is InChI=1S/C15H12O4/c1-7-5-9-13(11(17)6-7)15(19)12-8(14(9)18)3-2-4-10(12)16/h2-6,9,13,16-17H,1H3/t9-,13-/m0/s1. The molecule has 2 N–H and O–H groups in total. The number of phenolic OH excluding ortho intramolecular Hbond substituents is 1. The van der Waals surface area contributed by atoms with E-state index in [0.29, 0.717) is 0 Å². The minimum atomic E-state index is -0.906. The molecule has 0 amide bonds. The summed E-state index contributed by atoms with van der Waals surface area (Å²) in [6.07, 6.45) is 3.18. The summed E-state index contributed by atoms with van der Waals surface area (Å²) in [6.45, 7) is 1.77. The summed E-state index contributed by atoms with van der Waals surface area (Å²) in [6, 6.07) is 4.44. The molecule has 4 heteroatoms. The number of hydrogen-bond donors (Lipinski definition) is 2. The minimum Gasteiger partial charge on any atom is -0.511 e. The van der Waals surface area contributed by atoms with Crippen LogP contribution < -0.4 is 0 Å². The van der Waals surface area contributed by atoms with Gasteiger partial charge in [-0.05, 0) is 19.1 Å². The van der Waals surface area contributed by atoms with Crippen LogP contribution in [0.1, 0.15) is 27.6 Å². The van der Waals surface area contributed by atoms with Crippen molar-refractivity contribution in [2.45, 2.75) is 6.92 Å². The molecule has 2 aliphatic carbocycles. The third-order valence-electron chi connectivity index (χ3n) is 3.64. The van der Waals surface area contributed by atoms with Gasteiger partial charge in [0, 0.05) is 5.56 Å². The lowest BCUT2D eigenvalue weighted by atomic mass is 9.70. The third-order valence-corrected chi connectivity index (χ3v) is 3.64. The van der Waals surface area contributed by atoms with Crippen LogP contribution >= 0.6 is 0 Å². The van der Waals surface area contributed by atoms with Crippen molar-refractivity contribution in [1.29, 1.82) is 0 Å². The summed E-state index contributed by atoms with van der Waals surface area (Å²) in [5.74, 6) is -2.56. The topological polar surface area (TPSA) is 74.6 Å². The maximum Gasteiger partial charge on any atom is 0.178 e. The lowest BCUT2D eigenvalue weighted by Gasteiger charge is -2.31. The highest BCUT2D eigenvalue weighted by atomic mass is 16.3. The van der Waals surface area contributed by atoms with Crippen molar-refractivity contribution in [2.24, 2.45) is 11.8 Å². The van der Waals surface area contributed by atoms with Gasteiger partial charge in [-0.3, -0.25) is 9.59 Å². The van der Waals surface area contributed by atoms with Gasteiger partial charge in [0.2, 0.25) is 0 Å². The number of hydrogen-bond acceptors (Lipinski definition) is 4. The zero-order valence-corrected chi connectivity index (χ0v) is 10.3. The minimum absolute atomic E-state index is 0.0154. The number of aliphatic hydroxyl groups excluding tert-OH is 1. The van der Waals surface area contributed by atoms with Gasteiger partial charge in [0.25, 0.3) is 0 Å². The molecule has 1 aromatic rings. The number of Topliss-reactive ketones (excluding diaryl/α,β-unsaturated/α-hetero) is 2. The average Bonchev–Trinajstić information content (AvgIpc) is 2.34. The number of carbonyl (C=O) groups excluding carboxylic acids is 2. The van der Waals surface area contributed by atoms with Crippen LogP contribution in [-0.4, -0.2) is 21.8 Å². The fraction of sp³-hybridized carbons (Fsp3) is 0.200. The molecule has 0 saturated heterocycles. The van der Waals surface area contributed by atoms with E-state index in [4.69, 9.17) is 0 Å². The highest BCUT2D eigenvalue weighted by Crippen LogP contribution is 2.40. The van der Waals surface area contributed by atoms with Crippen LogP contribution in [0.5, 0.6) is 5.75 Å². The lowest BCUT2D eigenvalue weighted by Crippen LogP contribution is -2.38. The number of aliphatic hydroxyl groups is 1. The van der Waals surface area contributed by atoms with E-state index >= 15 is 0 Å². The molecule has 0 fully saturated rings. The number of carbonyl (C=O) groups is 2. The van der Waals surface area contributed by atoms with Crippen molar-refractivity contribution in [3.8, 4) is 5.75 Å². The quantitative estimate of drug-likeness (QED) is 0.747. The normalized spacial score (nSPS) is 25.3. The Morgan fingerprint density at radius 1 is 1.11 bits per heavy atom. The van der Waals surface area contributed by atoms with E-state index < -0.39 is 17.6 Å². The second-order valence-corrected chi connectivity index (χ2v) is 4.91. The molecule has 3 rings (SSSR count). The van der Waals surface area contributed by atoms with Gasteiger partial charge in [-0.25, -0.2) is 0 Å². The number of aromatic hydroxyl groups is 1. The number of rotatable bonds is 0. The van der Waals surface area contributed by atoms with Gasteiger partial charge in [0.15, 0.2) is 11.6 Å². The molecule has 1 aromatic carbocycles. The van der Waals surface area contributed by atoms with Crippen LogP contribution in [0.3, 0.4) is 0 Å². The SMILES string of the molecule is CC1=C[C@@H]2C(=O)c3cccc(O)c3C(=O)[C@@H]2C(O)=C1. The molecule has 0 spiro atoms. The first-order chi connectivity index (χ1) is 9.00. The Hall–Kier alpha value is -2.36. The molecule has 0 aliphatic heterocycles. The van der Waals surface area contributed by atoms with Crippen molar-refractivity contribution in [1.82, 2.24) is 0 Å². The molecule has 0 heterocycles. The van der Waals surface area contributed by atoms with E-state index in [-0.39, 0.29) is 28.4 Å². The van der Waals surface area contributed by atoms with E-state index in [1.54, 1.807) is 13.0 Å². The predicted molar refractivity (Wildman–Crippen MR) is 68.2 cm³/mol. The van der Waals surface area contributed by atoms with Gasteiger partial charge in [-0.1, -0.05) is 23.8 Å². The number of benzene rings is 1. The highest BCUT2D eigenvalue weighted by molar-refractivity contribution is 6.18. The maximum absolute atomic E-state index is 12.4. The van der Waals surface area contributed by atoms with Crippen molar-refractivity contribution in [3.63, 3.8) is 0 Å². The van der Waals surface area contributed by atoms with Crippen molar-refractivity contribution < 1.29 is 19.8 Å². The second kappa shape index (κ2) is 3.82. The molecule has 0 saturated carbocycles. The van der Waals surface area contributed by atoms with E-state index in [2.05, 4.69) is 0 Å². The average molecular weight is 256 g/mol. The number of ketones is 2. The Balaban J connectivity index is 2.25. The molecule has 4 nitrogen and oxygen atoms in total. The zero-order chi connectivity index (χ0) is 13.7. The first kappa shape index (κ1) is 11.7. The van der Waals surface area contributed by atoms with Crippen LogP contribution in [0.2, 0.25) is 0 Å². The predicted octanol–water partition coefficient (Wildman–Crippen LogP) is 2.41. The summed E-state index contributed by atoms with van der Waals surface area (Å²) in [5.41, 5.74) is 0.996. The molecular formula is C15H12O4. The summed E-state index contributed by atoms with van der Waals surface area (Å²) >= 11 is 0. The first-order valence-corrected chi connectivity index (χ1v) is 6.00. The number of phenols is 1. The first-order valence-electron chi connectivity index (χ1n) is 6.00. The summed E-state index contributed by atoms with van der Waals surface area (Å²) in [7, 11) is 0. The van der Waals surface area contributed by atoms with Gasteiger partial charge in [0.05, 0.1) is 17.4 Å². The van der Waals surface area contributed by atoms with Gasteiger partial charge < -0.3 is 10.2 Å². The molecule has 19 heavy (non-hydrogen) atoms. The fourth-order valence-electron chi connectivity index (χ4n) is 2.80. The summed E-state index contributed by atoms with van der Waals surface area (Å²) < 4.78 is 0. The van der Waals surface area contributed by atoms with Crippen LogP contribution in [0, 0.1) is 11.8 Å². The molecular weight excluding hydrogens is 244 g/mol. The second-order valence-electron chi connectivity index (χ2n) is 4.91. The van der Waals surface area contributed by atoms with E-state index in [1.807, 2.05) is 0 Å². The van der Waals surface area contributed by atoms with Crippen LogP contribution in [-0.2, 0) is 0 Å². The monoisotopic (exact) mass is 256 g/mol. The zero-order valence-electron chi connectivity index (χ0n) is 10.3. The molecule has 0 aromatic heterocycles. The van der Waals surface area contributed by atoms with Crippen LogP contribution in [0.15, 0.2) is 41.7 Å². The molecule has 96 valence electrons. The highest BCUT2D eigenvalue weighted by Gasteiger charge is 2.44. The van der Waals surface area contributed by atoms with E-state index in [0.717, 1.165) is 5.57 Å². The Labute approximate surface area is 109 Å². The largest absolute Gasteiger partial charge is 0.511 e. The molecule has 2 atom stereocenters. The van der Waals surface area contributed by atoms with Gasteiger partial charge in [-0.2, -0.15) is 0 Å². The Kier molecular flexibility index (Phi) is 2.35. The lowest BCUT2D eigenvalue weighted by molar-refractivity contribution is 0.0755. The third kappa shape index (κ3) is 1.53. The Bertz CT molecular complexity index is 667. The molecule has 0 bridgehead atoms. The molecule has 2 aliphatic rings. The van der Waals surface area contributed by atoms with Gasteiger partial charge in [-0.15, -0.1) is 0 Å². The van der Waals surface area contributed by atoms with E-state index in [1.165, 1.54) is 24.3 Å². The van der Waals surface area contributed by atoms with E-state index in [9.17, 15) is 19.8 Å². The van der Waals surface area contributed by atoms with Crippen LogP contribution in [0.4, 0.5) is 0 Å². The van der Waals surface area contributed by atoms with Crippen LogP contribution in [0.25, 0.3) is 0 Å². The van der Waals surface area contributed by atoms with Gasteiger partial charge >= 0.3 is 0 Å². The van der Waals surface area contributed by atoms with Crippen molar-refractivity contribution in [3.05, 3.63) is 52.8 Å². The number of fused-ring (bicyclic) bond motifs is 2. The molecule has 0 unspecified atom stereocenters. The number of allylic oxidation sites excluding steroid dienone is 4.